The van der Waals surface area contributed by atoms with Crippen LogP contribution in [0.15, 0.2) is 0 Å². The van der Waals surface area contributed by atoms with E-state index in [4.69, 9.17) is 0 Å². The summed E-state index contributed by atoms with van der Waals surface area (Å²) >= 11 is 6.44. The molecule has 0 bridgehead atoms. The van der Waals surface area contributed by atoms with E-state index in [9.17, 15) is 0 Å². The number of thiol groups is 2. The van der Waals surface area contributed by atoms with Gasteiger partial charge in [-0.2, -0.15) is 0 Å². The summed E-state index contributed by atoms with van der Waals surface area (Å²) in [5.41, 5.74) is 0. The SMILES string of the molecule is N.N.SS. The third-order valence-electron chi connectivity index (χ3n) is 0. The highest BCUT2D eigenvalue weighted by Gasteiger charge is 0.885. The lowest BCUT2D eigenvalue weighted by Crippen LogP contribution is -0.482. The molecule has 6 N–H and O–H groups in total. The van der Waals surface area contributed by atoms with Crippen molar-refractivity contribution in [2.45, 2.75) is 0 Å². The Hall–Kier alpha value is 0.620. The Morgan fingerprint density at radius 3 is 0.750 bits per heavy atom. The van der Waals surface area contributed by atoms with Crippen molar-refractivity contribution < 1.29 is 0 Å². The largest absolute Gasteiger partial charge is 0.344 e. The van der Waals surface area contributed by atoms with Crippen LogP contribution in [-0.2, 0) is 0 Å². The van der Waals surface area contributed by atoms with E-state index in [1.165, 1.54) is 0 Å². The average Bonchev–Trinajstić information content (AvgIpc) is 1.00. The van der Waals surface area contributed by atoms with Crippen LogP contribution in [0.5, 0.6) is 0 Å². The Balaban J connectivity index is -0.00000000500. The van der Waals surface area contributed by atoms with Gasteiger partial charge in [-0.25, -0.2) is 0 Å². The Bertz CT molecular complexity index is 4.00. The fourth-order valence-electron chi connectivity index (χ4n) is 0. The van der Waals surface area contributed by atoms with Crippen LogP contribution in [0.3, 0.4) is 0 Å². The monoisotopic (exact) mass is 100 g/mol. The second-order valence-electron chi connectivity index (χ2n) is 0. The number of hydrogen-bond acceptors (Lipinski definition) is 4. The third kappa shape index (κ3) is 17.9. The van der Waals surface area contributed by atoms with Crippen molar-refractivity contribution in [2.75, 3.05) is 0 Å². The fraction of sp³-hybridized carbons (Fsp3) is 0. The molecular formula is H8N2S2. The first-order valence-corrected chi connectivity index (χ1v) is 1.80. The zero-order chi connectivity index (χ0) is 2.00. The summed E-state index contributed by atoms with van der Waals surface area (Å²) in [7, 11) is 0. The first-order chi connectivity index (χ1) is 1.00. The average molecular weight is 100 g/mol. The first-order valence-electron chi connectivity index (χ1n) is 0.200. The Kier molecular flexibility index (Phi) is 373. The second-order valence-corrected chi connectivity index (χ2v) is 0. The van der Waals surface area contributed by atoms with Crippen LogP contribution in [0.1, 0.15) is 0 Å². The van der Waals surface area contributed by atoms with Crippen molar-refractivity contribution in [3.8, 4) is 0 Å². The highest BCUT2D eigenvalue weighted by atomic mass is 33.1. The minimum Gasteiger partial charge on any atom is -0.344 e. The van der Waals surface area contributed by atoms with Crippen LogP contribution in [0.4, 0.5) is 0 Å². The van der Waals surface area contributed by atoms with Gasteiger partial charge in [0.05, 0.1) is 0 Å². The van der Waals surface area contributed by atoms with Crippen molar-refractivity contribution in [2.24, 2.45) is 0 Å². The minimum absolute atomic E-state index is 0. The number of hydrogen-bond donors (Lipinski definition) is 4. The molecule has 4 heteroatoms. The predicted molar refractivity (Wildman–Crippen MR) is 28.0 cm³/mol. The van der Waals surface area contributed by atoms with Gasteiger partial charge in [-0.15, -0.1) is 23.3 Å². The van der Waals surface area contributed by atoms with Gasteiger partial charge in [-0.3, -0.25) is 0 Å². The molecule has 0 aromatic heterocycles. The van der Waals surface area contributed by atoms with E-state index in [0.29, 0.717) is 0 Å². The molecule has 0 amide bonds. The van der Waals surface area contributed by atoms with Gasteiger partial charge in [-0.05, 0) is 0 Å². The summed E-state index contributed by atoms with van der Waals surface area (Å²) in [4.78, 5) is 0. The van der Waals surface area contributed by atoms with E-state index in [0.717, 1.165) is 0 Å². The maximum absolute atomic E-state index is 3.22. The Labute approximate surface area is 36.4 Å². The van der Waals surface area contributed by atoms with Crippen molar-refractivity contribution in [3.05, 3.63) is 0 Å². The molecule has 0 saturated heterocycles. The molecule has 0 aliphatic rings. The van der Waals surface area contributed by atoms with Gasteiger partial charge < -0.3 is 12.3 Å². The topological polar surface area (TPSA) is 70.0 Å². The molecule has 0 aliphatic heterocycles. The van der Waals surface area contributed by atoms with Crippen molar-refractivity contribution in [1.29, 1.82) is 0 Å². The molecule has 2 nitrogen and oxygen atoms in total. The second kappa shape index (κ2) is 64.6. The molecule has 4 heavy (non-hydrogen) atoms. The smallest absolute Gasteiger partial charge is 0.115 e. The molecule has 0 heterocycles. The molecule has 30 valence electrons. The maximum atomic E-state index is 3.22. The molecule has 0 aromatic carbocycles. The zero-order valence-corrected chi connectivity index (χ0v) is 4.10. The van der Waals surface area contributed by atoms with E-state index >= 15 is 0 Å². The van der Waals surface area contributed by atoms with Crippen molar-refractivity contribution >= 4 is 23.3 Å². The maximum Gasteiger partial charge on any atom is -0.115 e. The lowest BCUT2D eigenvalue weighted by atomic mass is 14.0. The predicted octanol–water partition coefficient (Wildman–Crippen LogP) is 1.08. The van der Waals surface area contributed by atoms with Gasteiger partial charge >= 0.3 is 0 Å². The van der Waals surface area contributed by atoms with Crippen LogP contribution in [-0.4, -0.2) is 0 Å². The third-order valence-corrected chi connectivity index (χ3v) is 0. The lowest BCUT2D eigenvalue weighted by Gasteiger charge is -1.11. The van der Waals surface area contributed by atoms with Gasteiger partial charge in [0.25, 0.3) is 0 Å². The molecule has 0 aromatic rings. The van der Waals surface area contributed by atoms with Gasteiger partial charge in [0.2, 0.25) is 0 Å². The van der Waals surface area contributed by atoms with Crippen molar-refractivity contribution in [3.63, 3.8) is 0 Å². The fourth-order valence-corrected chi connectivity index (χ4v) is 0. The molecule has 0 fully saturated rings. The van der Waals surface area contributed by atoms with Crippen LogP contribution < -0.4 is 12.3 Å². The number of rotatable bonds is 0. The summed E-state index contributed by atoms with van der Waals surface area (Å²) in [5.74, 6) is 0. The van der Waals surface area contributed by atoms with Crippen LogP contribution >= 0.6 is 23.3 Å². The van der Waals surface area contributed by atoms with Crippen LogP contribution in [0, 0.1) is 0 Å². The van der Waals surface area contributed by atoms with Crippen LogP contribution in [0.2, 0.25) is 0 Å². The summed E-state index contributed by atoms with van der Waals surface area (Å²) in [6.45, 7) is 0. The highest BCUT2D eigenvalue weighted by molar-refractivity contribution is 8.59. The first kappa shape index (κ1) is 23.1. The van der Waals surface area contributed by atoms with Crippen molar-refractivity contribution in [1.82, 2.24) is 12.3 Å². The van der Waals surface area contributed by atoms with E-state index in [-0.39, 0.29) is 12.3 Å². The normalized spacial score (nSPS) is 1.50. The van der Waals surface area contributed by atoms with E-state index in [2.05, 4.69) is 23.3 Å². The summed E-state index contributed by atoms with van der Waals surface area (Å²) in [6.07, 6.45) is 0. The highest BCUT2D eigenvalue weighted by Crippen LogP contribution is 1.65. The van der Waals surface area contributed by atoms with E-state index in [1.54, 1.807) is 0 Å². The molecule has 0 aliphatic carbocycles. The van der Waals surface area contributed by atoms with Crippen LogP contribution in [0.25, 0.3) is 0 Å². The quantitative estimate of drug-likeness (QED) is 0.272. The van der Waals surface area contributed by atoms with E-state index < -0.39 is 0 Å². The lowest BCUT2D eigenvalue weighted by molar-refractivity contribution is 2.13. The minimum atomic E-state index is 0. The molecule has 0 saturated carbocycles. The standard InChI is InChI=1S/2H3N.H2S2/c;;1-2/h2*1H3;1-2H. The molecule has 0 radical (unpaired) electrons. The van der Waals surface area contributed by atoms with Gasteiger partial charge in [-0.1, -0.05) is 0 Å². The molecule has 0 spiro atoms. The Morgan fingerprint density at radius 1 is 0.750 bits per heavy atom. The summed E-state index contributed by atoms with van der Waals surface area (Å²) in [5, 5.41) is 0. The summed E-state index contributed by atoms with van der Waals surface area (Å²) < 4.78 is 0. The van der Waals surface area contributed by atoms with Gasteiger partial charge in [0, 0.05) is 0 Å². The summed E-state index contributed by atoms with van der Waals surface area (Å²) in [6, 6.07) is 0. The molecular weight excluding hydrogens is 92.1 g/mol. The molecule has 0 unspecified atom stereocenters. The molecule has 0 rings (SSSR count). The zero-order valence-electron chi connectivity index (χ0n) is 2.31. The van der Waals surface area contributed by atoms with Gasteiger partial charge in [0.15, 0.2) is 0 Å². The Morgan fingerprint density at radius 2 is 0.750 bits per heavy atom. The van der Waals surface area contributed by atoms with E-state index in [1.807, 2.05) is 0 Å². The van der Waals surface area contributed by atoms with Gasteiger partial charge in [0.1, 0.15) is 0 Å². The molecule has 0 atom stereocenters.